The molecule has 158 valence electrons. The average molecular weight is 393 g/mol. The fourth-order valence-electron chi connectivity index (χ4n) is 4.84. The van der Waals surface area contributed by atoms with Crippen LogP contribution >= 0.6 is 0 Å². The van der Waals surface area contributed by atoms with Crippen molar-refractivity contribution < 1.29 is 4.74 Å². The predicted octanol–water partition coefficient (Wildman–Crippen LogP) is 8.70. The van der Waals surface area contributed by atoms with Crippen LogP contribution in [0.2, 0.25) is 0 Å². The molecule has 1 fully saturated rings. The van der Waals surface area contributed by atoms with Crippen LogP contribution in [0.25, 0.3) is 11.1 Å². The van der Waals surface area contributed by atoms with Crippen LogP contribution in [0.4, 0.5) is 0 Å². The first-order valence-electron chi connectivity index (χ1n) is 12.0. The molecule has 0 aromatic heterocycles. The summed E-state index contributed by atoms with van der Waals surface area (Å²) in [6.45, 7) is 7.61. The number of hydrogen-bond acceptors (Lipinski definition) is 1. The van der Waals surface area contributed by atoms with Crippen molar-refractivity contribution in [3.05, 3.63) is 53.6 Å². The van der Waals surface area contributed by atoms with Gasteiger partial charge in [0.05, 0.1) is 6.61 Å². The van der Waals surface area contributed by atoms with Gasteiger partial charge in [-0.1, -0.05) is 76.3 Å². The lowest BCUT2D eigenvalue weighted by Gasteiger charge is -2.30. The zero-order valence-electron chi connectivity index (χ0n) is 18.9. The Labute approximate surface area is 178 Å². The molecule has 0 unspecified atom stereocenters. The molecule has 0 bridgehead atoms. The highest BCUT2D eigenvalue weighted by Crippen LogP contribution is 2.39. The van der Waals surface area contributed by atoms with Crippen LogP contribution in [0.5, 0.6) is 5.75 Å². The fourth-order valence-corrected chi connectivity index (χ4v) is 4.84. The number of unbranched alkanes of at least 4 members (excludes halogenated alkanes) is 3. The van der Waals surface area contributed by atoms with Crippen molar-refractivity contribution in [3.63, 3.8) is 0 Å². The van der Waals surface area contributed by atoms with Gasteiger partial charge in [-0.15, -0.1) is 0 Å². The van der Waals surface area contributed by atoms with Crippen molar-refractivity contribution in [1.82, 2.24) is 0 Å². The van der Waals surface area contributed by atoms with Crippen LogP contribution in [0, 0.1) is 12.8 Å². The lowest BCUT2D eigenvalue weighted by Crippen LogP contribution is -2.14. The van der Waals surface area contributed by atoms with Gasteiger partial charge in [0.25, 0.3) is 0 Å². The quantitative estimate of drug-likeness (QED) is 0.367. The molecule has 0 atom stereocenters. The molecular weight excluding hydrogens is 352 g/mol. The molecule has 1 heteroatoms. The van der Waals surface area contributed by atoms with Gasteiger partial charge < -0.3 is 4.74 Å². The van der Waals surface area contributed by atoms with Crippen LogP contribution in [-0.4, -0.2) is 6.61 Å². The van der Waals surface area contributed by atoms with E-state index in [0.717, 1.165) is 30.6 Å². The summed E-state index contributed by atoms with van der Waals surface area (Å²) in [4.78, 5) is 0. The second-order valence-corrected chi connectivity index (χ2v) is 9.01. The number of ether oxygens (including phenoxy) is 1. The maximum atomic E-state index is 5.80. The maximum Gasteiger partial charge on any atom is 0.119 e. The molecule has 1 aliphatic carbocycles. The fraction of sp³-hybridized carbons (Fsp3) is 0.571. The normalized spacial score (nSPS) is 19.3. The first-order valence-corrected chi connectivity index (χ1v) is 12.0. The summed E-state index contributed by atoms with van der Waals surface area (Å²) < 4.78 is 5.80. The summed E-state index contributed by atoms with van der Waals surface area (Å²) in [7, 11) is 0. The van der Waals surface area contributed by atoms with Gasteiger partial charge in [0.1, 0.15) is 5.75 Å². The Balaban J connectivity index is 1.58. The van der Waals surface area contributed by atoms with Crippen molar-refractivity contribution in [2.24, 2.45) is 5.92 Å². The maximum absolute atomic E-state index is 5.80. The van der Waals surface area contributed by atoms with Gasteiger partial charge in [0.15, 0.2) is 0 Å². The standard InChI is InChI=1S/C28H40O/c1-4-6-8-9-23-10-12-25(13-11-23)28-19-16-26(21-22(28)3)24-14-17-27(18-15-24)29-20-7-5-2/h14-19,21,23,25H,4-13,20H2,1-3H3. The summed E-state index contributed by atoms with van der Waals surface area (Å²) in [5.41, 5.74) is 5.64. The van der Waals surface area contributed by atoms with E-state index in [4.69, 9.17) is 4.74 Å². The second-order valence-electron chi connectivity index (χ2n) is 9.01. The van der Waals surface area contributed by atoms with E-state index in [1.807, 2.05) is 0 Å². The minimum Gasteiger partial charge on any atom is -0.494 e. The largest absolute Gasteiger partial charge is 0.494 e. The van der Waals surface area contributed by atoms with E-state index in [9.17, 15) is 0 Å². The van der Waals surface area contributed by atoms with Crippen LogP contribution in [-0.2, 0) is 0 Å². The minimum atomic E-state index is 0.765. The van der Waals surface area contributed by atoms with E-state index >= 15 is 0 Å². The molecule has 0 amide bonds. The molecule has 0 spiro atoms. The lowest BCUT2D eigenvalue weighted by molar-refractivity contribution is 0.302. The Hall–Kier alpha value is -1.76. The average Bonchev–Trinajstić information content (AvgIpc) is 2.75. The summed E-state index contributed by atoms with van der Waals surface area (Å²) in [5, 5.41) is 0. The SMILES string of the molecule is CCCCCC1CCC(c2ccc(-c3ccc(OCCCC)cc3)cc2C)CC1. The molecule has 29 heavy (non-hydrogen) atoms. The van der Waals surface area contributed by atoms with E-state index < -0.39 is 0 Å². The van der Waals surface area contributed by atoms with Crippen molar-refractivity contribution in [3.8, 4) is 16.9 Å². The Kier molecular flexibility index (Phi) is 8.65. The number of hydrogen-bond donors (Lipinski definition) is 0. The summed E-state index contributed by atoms with van der Waals surface area (Å²) >= 11 is 0. The molecule has 1 saturated carbocycles. The highest BCUT2D eigenvalue weighted by Gasteiger charge is 2.23. The molecular formula is C28H40O. The van der Waals surface area contributed by atoms with Crippen LogP contribution in [0.15, 0.2) is 42.5 Å². The Bertz CT molecular complexity index is 722. The van der Waals surface area contributed by atoms with Gasteiger partial charge in [0, 0.05) is 0 Å². The smallest absolute Gasteiger partial charge is 0.119 e. The molecule has 0 radical (unpaired) electrons. The second kappa shape index (κ2) is 11.4. The van der Waals surface area contributed by atoms with Crippen molar-refractivity contribution >= 4 is 0 Å². The Morgan fingerprint density at radius 3 is 2.14 bits per heavy atom. The van der Waals surface area contributed by atoms with Gasteiger partial charge >= 0.3 is 0 Å². The van der Waals surface area contributed by atoms with Crippen molar-refractivity contribution in [2.45, 2.75) is 90.9 Å². The number of rotatable bonds is 10. The monoisotopic (exact) mass is 392 g/mol. The van der Waals surface area contributed by atoms with E-state index in [1.165, 1.54) is 74.5 Å². The first-order chi connectivity index (χ1) is 14.2. The van der Waals surface area contributed by atoms with Crippen molar-refractivity contribution in [1.29, 1.82) is 0 Å². The molecule has 2 aromatic rings. The first kappa shape index (κ1) is 21.9. The van der Waals surface area contributed by atoms with Gasteiger partial charge in [0.2, 0.25) is 0 Å². The summed E-state index contributed by atoms with van der Waals surface area (Å²) in [6.07, 6.45) is 13.5. The van der Waals surface area contributed by atoms with Crippen molar-refractivity contribution in [2.75, 3.05) is 6.61 Å². The molecule has 0 saturated heterocycles. The van der Waals surface area contributed by atoms with Gasteiger partial charge in [-0.25, -0.2) is 0 Å². The van der Waals surface area contributed by atoms with E-state index in [0.29, 0.717) is 0 Å². The molecule has 0 aliphatic heterocycles. The van der Waals surface area contributed by atoms with Gasteiger partial charge in [-0.3, -0.25) is 0 Å². The minimum absolute atomic E-state index is 0.765. The van der Waals surface area contributed by atoms with E-state index in [1.54, 1.807) is 5.56 Å². The highest BCUT2D eigenvalue weighted by atomic mass is 16.5. The molecule has 2 aromatic carbocycles. The highest BCUT2D eigenvalue weighted by molar-refractivity contribution is 5.65. The number of benzene rings is 2. The van der Waals surface area contributed by atoms with Crippen LogP contribution in [0.3, 0.4) is 0 Å². The Morgan fingerprint density at radius 2 is 1.48 bits per heavy atom. The number of aryl methyl sites for hydroxylation is 1. The summed E-state index contributed by atoms with van der Waals surface area (Å²) in [5.74, 6) is 2.72. The zero-order chi connectivity index (χ0) is 20.5. The van der Waals surface area contributed by atoms with Gasteiger partial charge in [-0.05, 0) is 85.3 Å². The summed E-state index contributed by atoms with van der Waals surface area (Å²) in [6, 6.07) is 15.7. The third-order valence-electron chi connectivity index (χ3n) is 6.73. The molecule has 0 N–H and O–H groups in total. The van der Waals surface area contributed by atoms with E-state index in [-0.39, 0.29) is 0 Å². The topological polar surface area (TPSA) is 9.23 Å². The molecule has 1 aliphatic rings. The zero-order valence-corrected chi connectivity index (χ0v) is 18.9. The predicted molar refractivity (Wildman–Crippen MR) is 126 cm³/mol. The lowest BCUT2D eigenvalue weighted by atomic mass is 9.76. The Morgan fingerprint density at radius 1 is 0.793 bits per heavy atom. The molecule has 1 nitrogen and oxygen atoms in total. The molecule has 0 heterocycles. The third-order valence-corrected chi connectivity index (χ3v) is 6.73. The van der Waals surface area contributed by atoms with Crippen LogP contribution in [0.1, 0.15) is 95.1 Å². The van der Waals surface area contributed by atoms with Gasteiger partial charge in [-0.2, -0.15) is 0 Å². The molecule has 3 rings (SSSR count). The van der Waals surface area contributed by atoms with Crippen LogP contribution < -0.4 is 4.74 Å². The third kappa shape index (κ3) is 6.36. The van der Waals surface area contributed by atoms with E-state index in [2.05, 4.69) is 63.2 Å².